The Morgan fingerprint density at radius 2 is 1.73 bits per heavy atom. The number of carbonyl (C=O) groups is 1. The standard InChI is InChI=1S/C23H22N2O/c1-3-16-7-4-5-8-17(16)14-25-20-10-6-9-19(23(24)26)22(20)18-12-11-15(2)13-21(18)25/h4-13H,3,14H2,1-2H3,(H2,24,26). The third kappa shape index (κ3) is 2.57. The molecule has 4 aromatic rings. The van der Waals surface area contributed by atoms with E-state index in [0.717, 1.165) is 34.8 Å². The number of aryl methyl sites for hydroxylation is 2. The normalized spacial score (nSPS) is 11.3. The zero-order valence-corrected chi connectivity index (χ0v) is 15.1. The first-order valence-corrected chi connectivity index (χ1v) is 8.98. The van der Waals surface area contributed by atoms with Crippen LogP contribution in [0, 0.1) is 6.92 Å². The van der Waals surface area contributed by atoms with E-state index in [0.29, 0.717) is 5.56 Å². The van der Waals surface area contributed by atoms with Crippen molar-refractivity contribution in [2.24, 2.45) is 5.73 Å². The molecule has 3 aromatic carbocycles. The molecule has 0 saturated carbocycles. The van der Waals surface area contributed by atoms with Crippen molar-refractivity contribution in [3.05, 3.63) is 82.9 Å². The molecular formula is C23H22N2O. The van der Waals surface area contributed by atoms with E-state index in [-0.39, 0.29) is 5.91 Å². The Kier molecular flexibility index (Phi) is 4.00. The monoisotopic (exact) mass is 342 g/mol. The summed E-state index contributed by atoms with van der Waals surface area (Å²) in [5.41, 5.74) is 12.3. The van der Waals surface area contributed by atoms with Crippen LogP contribution in [0.3, 0.4) is 0 Å². The van der Waals surface area contributed by atoms with Crippen molar-refractivity contribution < 1.29 is 4.79 Å². The molecule has 0 saturated heterocycles. The fourth-order valence-electron chi connectivity index (χ4n) is 3.86. The number of rotatable bonds is 4. The topological polar surface area (TPSA) is 48.0 Å². The van der Waals surface area contributed by atoms with Gasteiger partial charge in [-0.25, -0.2) is 0 Å². The highest BCUT2D eigenvalue weighted by Crippen LogP contribution is 2.33. The highest BCUT2D eigenvalue weighted by Gasteiger charge is 2.17. The lowest BCUT2D eigenvalue weighted by atomic mass is 10.1. The lowest BCUT2D eigenvalue weighted by molar-refractivity contribution is 0.100. The zero-order chi connectivity index (χ0) is 18.3. The Balaban J connectivity index is 2.05. The average Bonchev–Trinajstić information content (AvgIpc) is 2.95. The van der Waals surface area contributed by atoms with E-state index >= 15 is 0 Å². The molecule has 1 amide bonds. The van der Waals surface area contributed by atoms with Crippen LogP contribution < -0.4 is 5.73 Å². The van der Waals surface area contributed by atoms with Crippen molar-refractivity contribution >= 4 is 27.7 Å². The molecule has 0 aliphatic heterocycles. The number of primary amides is 1. The van der Waals surface area contributed by atoms with Crippen molar-refractivity contribution in [2.45, 2.75) is 26.8 Å². The maximum absolute atomic E-state index is 12.0. The minimum Gasteiger partial charge on any atom is -0.366 e. The number of nitrogens with two attached hydrogens (primary N) is 1. The molecule has 0 fully saturated rings. The Morgan fingerprint density at radius 1 is 0.962 bits per heavy atom. The molecule has 0 aliphatic rings. The number of amides is 1. The first-order chi connectivity index (χ1) is 12.6. The summed E-state index contributed by atoms with van der Waals surface area (Å²) < 4.78 is 2.30. The fourth-order valence-corrected chi connectivity index (χ4v) is 3.86. The van der Waals surface area contributed by atoms with Gasteiger partial charge in [0.1, 0.15) is 0 Å². The van der Waals surface area contributed by atoms with E-state index in [1.807, 2.05) is 12.1 Å². The Morgan fingerprint density at radius 3 is 2.46 bits per heavy atom. The van der Waals surface area contributed by atoms with Crippen molar-refractivity contribution in [1.29, 1.82) is 0 Å². The molecule has 2 N–H and O–H groups in total. The molecule has 0 atom stereocenters. The lowest BCUT2D eigenvalue weighted by Gasteiger charge is -2.12. The van der Waals surface area contributed by atoms with Gasteiger partial charge in [0.15, 0.2) is 0 Å². The van der Waals surface area contributed by atoms with Crippen LogP contribution in [0.25, 0.3) is 21.8 Å². The fraction of sp³-hybridized carbons (Fsp3) is 0.174. The second-order valence-electron chi connectivity index (χ2n) is 6.79. The summed E-state index contributed by atoms with van der Waals surface area (Å²) in [6, 6.07) is 20.7. The number of hydrogen-bond donors (Lipinski definition) is 1. The quantitative estimate of drug-likeness (QED) is 0.568. The number of aromatic nitrogens is 1. The molecule has 0 radical (unpaired) electrons. The summed E-state index contributed by atoms with van der Waals surface area (Å²) in [7, 11) is 0. The molecule has 0 spiro atoms. The van der Waals surface area contributed by atoms with E-state index < -0.39 is 0 Å². The minimum absolute atomic E-state index is 0.385. The van der Waals surface area contributed by atoms with Crippen molar-refractivity contribution in [3.63, 3.8) is 0 Å². The molecule has 0 aliphatic carbocycles. The molecule has 1 heterocycles. The summed E-state index contributed by atoms with van der Waals surface area (Å²) >= 11 is 0. The number of carbonyl (C=O) groups excluding carboxylic acids is 1. The van der Waals surface area contributed by atoms with Gasteiger partial charge in [-0.2, -0.15) is 0 Å². The van der Waals surface area contributed by atoms with Gasteiger partial charge in [0.2, 0.25) is 5.91 Å². The van der Waals surface area contributed by atoms with Crippen LogP contribution in [0.4, 0.5) is 0 Å². The molecule has 0 bridgehead atoms. The minimum atomic E-state index is -0.385. The van der Waals surface area contributed by atoms with Gasteiger partial charge in [-0.1, -0.05) is 49.4 Å². The van der Waals surface area contributed by atoms with Crippen LogP contribution in [0.15, 0.2) is 60.7 Å². The Labute approximate surface area is 153 Å². The molecule has 4 rings (SSSR count). The maximum Gasteiger partial charge on any atom is 0.249 e. The Hall–Kier alpha value is -3.07. The third-order valence-corrected chi connectivity index (χ3v) is 5.14. The summed E-state index contributed by atoms with van der Waals surface area (Å²) in [6.07, 6.45) is 0.999. The molecule has 26 heavy (non-hydrogen) atoms. The first-order valence-electron chi connectivity index (χ1n) is 8.98. The summed E-state index contributed by atoms with van der Waals surface area (Å²) in [5, 5.41) is 2.03. The van der Waals surface area contributed by atoms with Crippen LogP contribution in [0.5, 0.6) is 0 Å². The van der Waals surface area contributed by atoms with E-state index in [4.69, 9.17) is 5.73 Å². The SMILES string of the molecule is CCc1ccccc1Cn1c2cc(C)ccc2c2c(C(N)=O)cccc21. The molecule has 1 aromatic heterocycles. The smallest absolute Gasteiger partial charge is 0.249 e. The number of fused-ring (bicyclic) bond motifs is 3. The van der Waals surface area contributed by atoms with Crippen LogP contribution in [-0.4, -0.2) is 10.5 Å². The molecule has 0 unspecified atom stereocenters. The van der Waals surface area contributed by atoms with Crippen LogP contribution in [0.2, 0.25) is 0 Å². The molecular weight excluding hydrogens is 320 g/mol. The van der Waals surface area contributed by atoms with Crippen molar-refractivity contribution in [2.75, 3.05) is 0 Å². The van der Waals surface area contributed by atoms with Gasteiger partial charge < -0.3 is 10.3 Å². The molecule has 3 heteroatoms. The van der Waals surface area contributed by atoms with Gasteiger partial charge in [0.05, 0.1) is 5.52 Å². The predicted octanol–water partition coefficient (Wildman–Crippen LogP) is 4.81. The van der Waals surface area contributed by atoms with Gasteiger partial charge in [0, 0.05) is 28.4 Å². The number of nitrogens with zero attached hydrogens (tertiary/aromatic N) is 1. The lowest BCUT2D eigenvalue weighted by Crippen LogP contribution is -2.11. The number of hydrogen-bond acceptors (Lipinski definition) is 1. The first kappa shape index (κ1) is 16.4. The molecule has 130 valence electrons. The van der Waals surface area contributed by atoms with Gasteiger partial charge in [0.25, 0.3) is 0 Å². The van der Waals surface area contributed by atoms with E-state index in [1.165, 1.54) is 16.7 Å². The highest BCUT2D eigenvalue weighted by atomic mass is 16.1. The largest absolute Gasteiger partial charge is 0.366 e. The van der Waals surface area contributed by atoms with Crippen molar-refractivity contribution in [3.8, 4) is 0 Å². The summed E-state index contributed by atoms with van der Waals surface area (Å²) in [5.74, 6) is -0.385. The van der Waals surface area contributed by atoms with Crippen LogP contribution >= 0.6 is 0 Å². The average molecular weight is 342 g/mol. The van der Waals surface area contributed by atoms with E-state index in [2.05, 4.69) is 66.9 Å². The summed E-state index contributed by atoms with van der Waals surface area (Å²) in [6.45, 7) is 5.05. The van der Waals surface area contributed by atoms with Gasteiger partial charge in [-0.3, -0.25) is 4.79 Å². The van der Waals surface area contributed by atoms with E-state index in [1.54, 1.807) is 0 Å². The highest BCUT2D eigenvalue weighted by molar-refractivity contribution is 6.17. The third-order valence-electron chi connectivity index (χ3n) is 5.14. The van der Waals surface area contributed by atoms with E-state index in [9.17, 15) is 4.79 Å². The molecule has 3 nitrogen and oxygen atoms in total. The van der Waals surface area contributed by atoms with Crippen LogP contribution in [0.1, 0.15) is 34.0 Å². The zero-order valence-electron chi connectivity index (χ0n) is 15.1. The van der Waals surface area contributed by atoms with Crippen molar-refractivity contribution in [1.82, 2.24) is 4.57 Å². The summed E-state index contributed by atoms with van der Waals surface area (Å²) in [4.78, 5) is 12.0. The second-order valence-corrected chi connectivity index (χ2v) is 6.79. The van der Waals surface area contributed by atoms with Gasteiger partial charge >= 0.3 is 0 Å². The Bertz CT molecular complexity index is 1140. The maximum atomic E-state index is 12.0. The van der Waals surface area contributed by atoms with Gasteiger partial charge in [-0.05, 0) is 48.2 Å². The van der Waals surface area contributed by atoms with Crippen LogP contribution in [-0.2, 0) is 13.0 Å². The predicted molar refractivity (Wildman–Crippen MR) is 108 cm³/mol. The second kappa shape index (κ2) is 6.34. The van der Waals surface area contributed by atoms with Gasteiger partial charge in [-0.15, -0.1) is 0 Å². The number of benzene rings is 3.